The van der Waals surface area contributed by atoms with E-state index in [1.54, 1.807) is 12.1 Å². The third-order valence-corrected chi connectivity index (χ3v) is 5.09. The normalized spacial score (nSPS) is 9.40. The van der Waals surface area contributed by atoms with Gasteiger partial charge in [-0.2, -0.15) is 0 Å². The van der Waals surface area contributed by atoms with Crippen molar-refractivity contribution in [2.45, 2.75) is 33.4 Å². The highest BCUT2D eigenvalue weighted by atomic mass is 32.2. The van der Waals surface area contributed by atoms with Crippen molar-refractivity contribution in [1.82, 2.24) is 0 Å². The Morgan fingerprint density at radius 3 is 1.17 bits per heavy atom. The number of hydrogen-bond donors (Lipinski definition) is 4. The topological polar surface area (TPSA) is 115 Å². The zero-order valence-corrected chi connectivity index (χ0v) is 18.0. The monoisotopic (exact) mass is 446 g/mol. The molecule has 0 atom stereocenters. The van der Waals surface area contributed by atoms with Gasteiger partial charge >= 0.3 is 0 Å². The number of aromatic hydroxyl groups is 2. The fraction of sp³-hybridized carbons (Fsp3) is 0.0909. The van der Waals surface area contributed by atoms with Crippen LogP contribution in [0.3, 0.4) is 0 Å². The minimum atomic E-state index is -0.833. The summed E-state index contributed by atoms with van der Waals surface area (Å²) in [6, 6.07) is 22.7. The molecule has 0 radical (unpaired) electrons. The van der Waals surface area contributed by atoms with Gasteiger partial charge in [-0.15, -0.1) is 0 Å². The molecule has 30 heavy (non-hydrogen) atoms. The van der Waals surface area contributed by atoms with Crippen molar-refractivity contribution < 1.29 is 30.0 Å². The molecule has 0 spiro atoms. The minimum Gasteiger partial charge on any atom is -0.507 e. The molecule has 0 aliphatic rings. The number of rotatable bonds is 4. The van der Waals surface area contributed by atoms with Gasteiger partial charge in [0.1, 0.15) is 11.5 Å². The summed E-state index contributed by atoms with van der Waals surface area (Å²) in [6.45, 7) is 2.17. The number of benzene rings is 3. The van der Waals surface area contributed by atoms with Crippen molar-refractivity contribution in [2.24, 2.45) is 0 Å². The summed E-state index contributed by atoms with van der Waals surface area (Å²) in [6.07, 6.45) is 0. The number of aliphatic carboxylic acids is 2. The van der Waals surface area contributed by atoms with E-state index in [9.17, 15) is 10.2 Å². The molecule has 0 unspecified atom stereocenters. The van der Waals surface area contributed by atoms with E-state index in [0.29, 0.717) is 9.79 Å². The summed E-state index contributed by atoms with van der Waals surface area (Å²) in [4.78, 5) is 21.3. The van der Waals surface area contributed by atoms with E-state index in [0.717, 1.165) is 23.6 Å². The SMILES string of the molecule is CC(=O)O.CC(=O)O.Oc1cc(Sc2ccccc2)c(O)cc1Sc1ccccc1. The second-order valence-corrected chi connectivity index (χ2v) is 7.89. The number of carboxylic acid groups (broad SMARTS) is 2. The molecule has 0 aliphatic heterocycles. The fourth-order valence-electron chi connectivity index (χ4n) is 1.93. The molecule has 0 heterocycles. The predicted octanol–water partition coefficient (Wildman–Crippen LogP) is 5.58. The molecular formula is C22H22O6S2. The van der Waals surface area contributed by atoms with Crippen LogP contribution in [0.4, 0.5) is 0 Å². The van der Waals surface area contributed by atoms with Gasteiger partial charge in [-0.3, -0.25) is 9.59 Å². The maximum atomic E-state index is 10.2. The molecule has 3 rings (SSSR count). The number of phenolic OH excluding ortho intramolecular Hbond substituents is 2. The van der Waals surface area contributed by atoms with Crippen LogP contribution < -0.4 is 0 Å². The number of phenols is 2. The van der Waals surface area contributed by atoms with Gasteiger partial charge in [-0.05, 0) is 36.4 Å². The second-order valence-electron chi connectivity index (χ2n) is 5.66. The summed E-state index contributed by atoms with van der Waals surface area (Å²) in [5, 5.41) is 35.3. The van der Waals surface area contributed by atoms with Crippen LogP contribution in [0.25, 0.3) is 0 Å². The average Bonchev–Trinajstić information content (AvgIpc) is 2.66. The van der Waals surface area contributed by atoms with Crippen LogP contribution in [0.15, 0.2) is 92.4 Å². The zero-order chi connectivity index (χ0) is 22.5. The molecular weight excluding hydrogens is 424 g/mol. The van der Waals surface area contributed by atoms with E-state index in [-0.39, 0.29) is 11.5 Å². The summed E-state index contributed by atoms with van der Waals surface area (Å²) in [5.41, 5.74) is 0. The standard InChI is InChI=1S/C18H14O2S2.2C2H4O2/c19-15-12-18(22-14-9-5-2-6-10-14)16(20)11-17(15)21-13-7-3-1-4-8-13;2*1-2(3)4/h1-12,19-20H;2*1H3,(H,3,4). The molecule has 0 aliphatic carbocycles. The van der Waals surface area contributed by atoms with Gasteiger partial charge in [0.15, 0.2) is 0 Å². The van der Waals surface area contributed by atoms with E-state index < -0.39 is 11.9 Å². The Hall–Kier alpha value is -3.10. The number of hydrogen-bond acceptors (Lipinski definition) is 6. The van der Waals surface area contributed by atoms with Crippen molar-refractivity contribution in [2.75, 3.05) is 0 Å². The van der Waals surface area contributed by atoms with Gasteiger partial charge in [0.25, 0.3) is 11.9 Å². The van der Waals surface area contributed by atoms with Crippen LogP contribution >= 0.6 is 23.5 Å². The lowest BCUT2D eigenvalue weighted by molar-refractivity contribution is -0.135. The first-order chi connectivity index (χ1) is 14.2. The van der Waals surface area contributed by atoms with Crippen LogP contribution in [0.2, 0.25) is 0 Å². The van der Waals surface area contributed by atoms with Crippen LogP contribution in [0.1, 0.15) is 13.8 Å². The molecule has 3 aromatic carbocycles. The zero-order valence-electron chi connectivity index (χ0n) is 16.4. The van der Waals surface area contributed by atoms with Crippen LogP contribution in [-0.2, 0) is 9.59 Å². The molecule has 0 bridgehead atoms. The number of carbonyl (C=O) groups is 2. The second kappa shape index (κ2) is 13.2. The Bertz CT molecular complexity index is 859. The Balaban J connectivity index is 0.000000485. The first-order valence-corrected chi connectivity index (χ1v) is 10.2. The highest BCUT2D eigenvalue weighted by Gasteiger charge is 2.11. The van der Waals surface area contributed by atoms with E-state index in [1.165, 1.54) is 23.5 Å². The Kier molecular flexibility index (Phi) is 11.0. The number of carboxylic acids is 2. The third-order valence-electron chi connectivity index (χ3n) is 2.98. The first-order valence-electron chi connectivity index (χ1n) is 8.60. The van der Waals surface area contributed by atoms with Crippen molar-refractivity contribution in [3.05, 3.63) is 72.8 Å². The average molecular weight is 447 g/mol. The quantitative estimate of drug-likeness (QED) is 0.384. The predicted molar refractivity (Wildman–Crippen MR) is 118 cm³/mol. The third kappa shape index (κ3) is 10.4. The van der Waals surface area contributed by atoms with Crippen molar-refractivity contribution >= 4 is 35.5 Å². The van der Waals surface area contributed by atoms with Gasteiger partial charge in [-0.25, -0.2) is 0 Å². The molecule has 158 valence electrons. The largest absolute Gasteiger partial charge is 0.507 e. The molecule has 3 aromatic rings. The van der Waals surface area contributed by atoms with Gasteiger partial charge < -0.3 is 20.4 Å². The maximum absolute atomic E-state index is 10.2. The minimum absolute atomic E-state index is 0.171. The van der Waals surface area contributed by atoms with Gasteiger partial charge in [0.05, 0.1) is 9.79 Å². The first kappa shape index (κ1) is 24.9. The molecule has 0 fully saturated rings. The van der Waals surface area contributed by atoms with Gasteiger partial charge in [0, 0.05) is 23.6 Å². The molecule has 0 saturated heterocycles. The lowest BCUT2D eigenvalue weighted by Crippen LogP contribution is -1.80. The molecule has 6 nitrogen and oxygen atoms in total. The van der Waals surface area contributed by atoms with Gasteiger partial charge in [0.2, 0.25) is 0 Å². The van der Waals surface area contributed by atoms with E-state index in [2.05, 4.69) is 0 Å². The van der Waals surface area contributed by atoms with Crippen molar-refractivity contribution in [3.63, 3.8) is 0 Å². The summed E-state index contributed by atoms with van der Waals surface area (Å²) < 4.78 is 0. The lowest BCUT2D eigenvalue weighted by atomic mass is 10.3. The highest BCUT2D eigenvalue weighted by Crippen LogP contribution is 2.43. The van der Waals surface area contributed by atoms with Gasteiger partial charge in [-0.1, -0.05) is 59.9 Å². The van der Waals surface area contributed by atoms with Crippen molar-refractivity contribution in [3.8, 4) is 11.5 Å². The molecule has 0 aromatic heterocycles. The van der Waals surface area contributed by atoms with E-state index in [4.69, 9.17) is 19.8 Å². The Labute approximate surface area is 183 Å². The van der Waals surface area contributed by atoms with Crippen molar-refractivity contribution in [1.29, 1.82) is 0 Å². The highest BCUT2D eigenvalue weighted by molar-refractivity contribution is 8.00. The summed E-state index contributed by atoms with van der Waals surface area (Å²) in [5.74, 6) is -1.32. The molecule has 0 amide bonds. The molecule has 4 N–H and O–H groups in total. The lowest BCUT2D eigenvalue weighted by Gasteiger charge is -2.09. The summed E-state index contributed by atoms with van der Waals surface area (Å²) >= 11 is 2.85. The molecule has 0 saturated carbocycles. The van der Waals surface area contributed by atoms with Crippen LogP contribution in [0, 0.1) is 0 Å². The van der Waals surface area contributed by atoms with Crippen LogP contribution in [-0.4, -0.2) is 32.4 Å². The van der Waals surface area contributed by atoms with E-state index in [1.807, 2.05) is 60.7 Å². The fourth-order valence-corrected chi connectivity index (χ4v) is 3.70. The molecule has 8 heteroatoms. The maximum Gasteiger partial charge on any atom is 0.300 e. The Morgan fingerprint density at radius 1 is 0.633 bits per heavy atom. The summed E-state index contributed by atoms with van der Waals surface area (Å²) in [7, 11) is 0. The van der Waals surface area contributed by atoms with E-state index >= 15 is 0 Å². The Morgan fingerprint density at radius 2 is 0.900 bits per heavy atom. The smallest absolute Gasteiger partial charge is 0.300 e. The van der Waals surface area contributed by atoms with Crippen LogP contribution in [0.5, 0.6) is 11.5 Å².